The quantitative estimate of drug-likeness (QED) is 0.852. The first-order valence-corrected chi connectivity index (χ1v) is 10.2. The van der Waals surface area contributed by atoms with Gasteiger partial charge >= 0.3 is 0 Å². The lowest BCUT2D eigenvalue weighted by Gasteiger charge is -2.30. The number of hydrogen-bond acceptors (Lipinski definition) is 5. The first-order valence-electron chi connectivity index (χ1n) is 10.2. The lowest BCUT2D eigenvalue weighted by atomic mass is 9.88. The molecule has 2 aliphatic rings. The molecule has 1 saturated heterocycles. The molecule has 1 atom stereocenters. The molecule has 1 saturated carbocycles. The number of likely N-dealkylation sites (tertiary alicyclic amines) is 1. The Hall–Kier alpha value is -2.84. The highest BCUT2D eigenvalue weighted by Gasteiger charge is 2.37. The number of carbonyl (C=O) groups excluding carboxylic acids is 2. The van der Waals surface area contributed by atoms with Gasteiger partial charge in [0, 0.05) is 18.2 Å². The molecule has 2 amide bonds. The molecular formula is C20H25FN6O2. The molecule has 1 unspecified atom stereocenters. The van der Waals surface area contributed by atoms with Crippen molar-refractivity contribution in [1.29, 1.82) is 0 Å². The average Bonchev–Trinajstić information content (AvgIpc) is 3.39. The van der Waals surface area contributed by atoms with Crippen LogP contribution in [0.25, 0.3) is 5.69 Å². The number of aryl methyl sites for hydroxylation is 1. The van der Waals surface area contributed by atoms with Gasteiger partial charge in [-0.15, -0.1) is 5.10 Å². The van der Waals surface area contributed by atoms with Crippen LogP contribution in [-0.4, -0.2) is 49.5 Å². The van der Waals surface area contributed by atoms with Crippen molar-refractivity contribution in [2.75, 3.05) is 11.9 Å². The Morgan fingerprint density at radius 1 is 1.14 bits per heavy atom. The summed E-state index contributed by atoms with van der Waals surface area (Å²) in [4.78, 5) is 27.6. The molecule has 1 aromatic heterocycles. The number of amides is 2. The van der Waals surface area contributed by atoms with Crippen LogP contribution in [-0.2, 0) is 9.59 Å². The van der Waals surface area contributed by atoms with E-state index in [1.807, 2.05) is 0 Å². The number of carbonyl (C=O) groups is 2. The third-order valence-electron chi connectivity index (χ3n) is 5.86. The van der Waals surface area contributed by atoms with Gasteiger partial charge in [-0.25, -0.2) is 4.39 Å². The first-order chi connectivity index (χ1) is 14.0. The number of rotatable bonds is 4. The molecule has 8 nitrogen and oxygen atoms in total. The van der Waals surface area contributed by atoms with E-state index in [1.54, 1.807) is 11.8 Å². The number of benzene rings is 1. The smallest absolute Gasteiger partial charge is 0.247 e. The van der Waals surface area contributed by atoms with Crippen LogP contribution >= 0.6 is 0 Å². The molecule has 0 bridgehead atoms. The Bertz CT molecular complexity index is 908. The Morgan fingerprint density at radius 3 is 2.66 bits per heavy atom. The highest BCUT2D eigenvalue weighted by molar-refractivity contribution is 5.98. The summed E-state index contributed by atoms with van der Waals surface area (Å²) in [6.45, 7) is 2.28. The molecule has 1 N–H and O–H groups in total. The largest absolute Gasteiger partial charge is 0.330 e. The topological polar surface area (TPSA) is 93.0 Å². The van der Waals surface area contributed by atoms with Gasteiger partial charge in [0.1, 0.15) is 17.5 Å². The molecule has 4 rings (SSSR count). The van der Waals surface area contributed by atoms with Crippen molar-refractivity contribution in [3.8, 4) is 5.69 Å². The Labute approximate surface area is 168 Å². The molecule has 1 aliphatic carbocycles. The predicted molar refractivity (Wildman–Crippen MR) is 104 cm³/mol. The Balaban J connectivity index is 1.48. The van der Waals surface area contributed by atoms with Crippen molar-refractivity contribution >= 4 is 17.5 Å². The predicted octanol–water partition coefficient (Wildman–Crippen LogP) is 2.62. The Morgan fingerprint density at radius 2 is 1.93 bits per heavy atom. The highest BCUT2D eigenvalue weighted by atomic mass is 19.1. The van der Waals surface area contributed by atoms with E-state index in [9.17, 15) is 14.0 Å². The van der Waals surface area contributed by atoms with Gasteiger partial charge in [0.25, 0.3) is 0 Å². The summed E-state index contributed by atoms with van der Waals surface area (Å²) in [5, 5.41) is 13.9. The maximum atomic E-state index is 14.2. The number of hydrogen-bond donors (Lipinski definition) is 1. The zero-order valence-electron chi connectivity index (χ0n) is 16.5. The van der Waals surface area contributed by atoms with Gasteiger partial charge in [0.15, 0.2) is 5.82 Å². The number of anilines is 1. The Kier molecular flexibility index (Phi) is 5.55. The number of halogens is 1. The summed E-state index contributed by atoms with van der Waals surface area (Å²) in [6, 6.07) is 3.79. The van der Waals surface area contributed by atoms with Crippen LogP contribution in [0, 0.1) is 18.7 Å². The van der Waals surface area contributed by atoms with Crippen molar-refractivity contribution in [2.24, 2.45) is 5.92 Å². The van der Waals surface area contributed by atoms with Crippen LogP contribution in [0.1, 0.15) is 50.8 Å². The summed E-state index contributed by atoms with van der Waals surface area (Å²) >= 11 is 0. The van der Waals surface area contributed by atoms with Crippen LogP contribution in [0.15, 0.2) is 18.2 Å². The second-order valence-corrected chi connectivity index (χ2v) is 7.82. The molecule has 1 aliphatic heterocycles. The van der Waals surface area contributed by atoms with E-state index in [1.165, 1.54) is 29.3 Å². The van der Waals surface area contributed by atoms with E-state index in [0.717, 1.165) is 32.1 Å². The molecule has 154 valence electrons. The molecule has 1 aromatic carbocycles. The fraction of sp³-hybridized carbons (Fsp3) is 0.550. The van der Waals surface area contributed by atoms with Crippen LogP contribution < -0.4 is 5.32 Å². The number of aromatic nitrogens is 4. The van der Waals surface area contributed by atoms with Crippen molar-refractivity contribution in [1.82, 2.24) is 25.1 Å². The normalized spacial score (nSPS) is 20.1. The van der Waals surface area contributed by atoms with Gasteiger partial charge in [-0.2, -0.15) is 4.68 Å². The summed E-state index contributed by atoms with van der Waals surface area (Å²) in [6.07, 6.45) is 6.62. The molecule has 0 radical (unpaired) electrons. The fourth-order valence-corrected chi connectivity index (χ4v) is 4.32. The van der Waals surface area contributed by atoms with E-state index in [-0.39, 0.29) is 23.4 Å². The van der Waals surface area contributed by atoms with Gasteiger partial charge in [-0.3, -0.25) is 9.59 Å². The lowest BCUT2D eigenvalue weighted by molar-refractivity contribution is -0.141. The van der Waals surface area contributed by atoms with Gasteiger partial charge < -0.3 is 10.2 Å². The van der Waals surface area contributed by atoms with Crippen molar-refractivity contribution < 1.29 is 14.0 Å². The summed E-state index contributed by atoms with van der Waals surface area (Å²) in [5.74, 6) is -0.151. The van der Waals surface area contributed by atoms with E-state index in [0.29, 0.717) is 24.5 Å². The second-order valence-electron chi connectivity index (χ2n) is 7.82. The molecule has 29 heavy (non-hydrogen) atoms. The van der Waals surface area contributed by atoms with E-state index >= 15 is 0 Å². The summed E-state index contributed by atoms with van der Waals surface area (Å²) < 4.78 is 15.5. The van der Waals surface area contributed by atoms with Crippen LogP contribution in [0.2, 0.25) is 0 Å². The van der Waals surface area contributed by atoms with Crippen molar-refractivity contribution in [3.05, 3.63) is 29.8 Å². The van der Waals surface area contributed by atoms with Gasteiger partial charge in [0.05, 0.1) is 0 Å². The molecule has 2 aromatic rings. The number of nitrogens with zero attached hydrogens (tertiary/aromatic N) is 5. The van der Waals surface area contributed by atoms with E-state index < -0.39 is 11.9 Å². The van der Waals surface area contributed by atoms with Crippen LogP contribution in [0.3, 0.4) is 0 Å². The van der Waals surface area contributed by atoms with Gasteiger partial charge in [-0.1, -0.05) is 19.3 Å². The maximum Gasteiger partial charge on any atom is 0.247 e. The lowest BCUT2D eigenvalue weighted by Crippen LogP contribution is -2.46. The molecular weight excluding hydrogens is 375 g/mol. The third kappa shape index (κ3) is 3.99. The van der Waals surface area contributed by atoms with Gasteiger partial charge in [0.2, 0.25) is 11.8 Å². The fourth-order valence-electron chi connectivity index (χ4n) is 4.32. The standard InChI is InChI=1S/C20H25FN6O2/c1-13-23-24-25-27(13)18-12-15(9-10-16(18)21)22-19(28)17-8-5-11-26(17)20(29)14-6-3-2-4-7-14/h9-10,12,14,17H,2-8,11H2,1H3,(H,22,28). The average molecular weight is 400 g/mol. The minimum absolute atomic E-state index is 0.0392. The van der Waals surface area contributed by atoms with Crippen molar-refractivity contribution in [2.45, 2.75) is 57.9 Å². The zero-order valence-corrected chi connectivity index (χ0v) is 16.5. The molecule has 2 fully saturated rings. The molecule has 2 heterocycles. The zero-order chi connectivity index (χ0) is 20.4. The number of nitrogens with one attached hydrogen (secondary N) is 1. The molecule has 0 spiro atoms. The van der Waals surface area contributed by atoms with E-state index in [2.05, 4.69) is 20.8 Å². The minimum Gasteiger partial charge on any atom is -0.330 e. The monoisotopic (exact) mass is 400 g/mol. The van der Waals surface area contributed by atoms with Crippen LogP contribution in [0.5, 0.6) is 0 Å². The van der Waals surface area contributed by atoms with Gasteiger partial charge in [-0.05, 0) is 61.2 Å². The second kappa shape index (κ2) is 8.26. The maximum absolute atomic E-state index is 14.2. The summed E-state index contributed by atoms with van der Waals surface area (Å²) in [5.41, 5.74) is 0.602. The van der Waals surface area contributed by atoms with Crippen molar-refractivity contribution in [3.63, 3.8) is 0 Å². The molecule has 9 heteroatoms. The van der Waals surface area contributed by atoms with Crippen LogP contribution in [0.4, 0.5) is 10.1 Å². The summed E-state index contributed by atoms with van der Waals surface area (Å²) in [7, 11) is 0. The first kappa shape index (κ1) is 19.5. The van der Waals surface area contributed by atoms with E-state index in [4.69, 9.17) is 0 Å². The highest BCUT2D eigenvalue weighted by Crippen LogP contribution is 2.29. The number of tetrazole rings is 1. The SMILES string of the molecule is Cc1nnnn1-c1cc(NC(=O)C2CCCN2C(=O)C2CCCCC2)ccc1F. The third-order valence-corrected chi connectivity index (χ3v) is 5.86. The minimum atomic E-state index is -0.492.